The molecule has 0 radical (unpaired) electrons. The number of rotatable bonds is 5. The molecular formula is C22H28N4O2. The summed E-state index contributed by atoms with van der Waals surface area (Å²) in [7, 11) is 0. The molecule has 3 heterocycles. The average molecular weight is 380 g/mol. The largest absolute Gasteiger partial charge is 0.478 e. The Morgan fingerprint density at radius 2 is 1.71 bits per heavy atom. The molecule has 2 aliphatic heterocycles. The first-order valence-electron chi connectivity index (χ1n) is 10.3. The molecule has 1 aromatic carbocycles. The van der Waals surface area contributed by atoms with Gasteiger partial charge in [-0.15, -0.1) is 0 Å². The van der Waals surface area contributed by atoms with Crippen molar-refractivity contribution in [3.8, 4) is 0 Å². The number of aromatic nitrogens is 2. The molecular weight excluding hydrogens is 352 g/mol. The number of nitrogens with zero attached hydrogens (tertiary/aromatic N) is 4. The lowest BCUT2D eigenvalue weighted by Crippen LogP contribution is -2.34. The van der Waals surface area contributed by atoms with E-state index in [-0.39, 0.29) is 0 Å². The van der Waals surface area contributed by atoms with Gasteiger partial charge in [0.25, 0.3) is 0 Å². The predicted octanol–water partition coefficient (Wildman–Crippen LogP) is 3.54. The quantitative estimate of drug-likeness (QED) is 0.856. The van der Waals surface area contributed by atoms with Crippen LogP contribution >= 0.6 is 0 Å². The van der Waals surface area contributed by atoms with Gasteiger partial charge in [-0.25, -0.2) is 14.8 Å². The Labute approximate surface area is 166 Å². The zero-order chi connectivity index (χ0) is 19.3. The molecule has 0 aliphatic carbocycles. The van der Waals surface area contributed by atoms with Crippen LogP contribution < -0.4 is 4.90 Å². The van der Waals surface area contributed by atoms with Gasteiger partial charge in [0.2, 0.25) is 5.95 Å². The van der Waals surface area contributed by atoms with Gasteiger partial charge in [0.15, 0.2) is 0 Å². The molecule has 148 valence electrons. The van der Waals surface area contributed by atoms with Crippen molar-refractivity contribution in [2.75, 3.05) is 31.1 Å². The van der Waals surface area contributed by atoms with Gasteiger partial charge in [-0.2, -0.15) is 0 Å². The normalized spacial score (nSPS) is 20.9. The van der Waals surface area contributed by atoms with Crippen molar-refractivity contribution in [1.29, 1.82) is 0 Å². The van der Waals surface area contributed by atoms with Gasteiger partial charge in [0.1, 0.15) is 0 Å². The van der Waals surface area contributed by atoms with Crippen LogP contribution in [-0.4, -0.2) is 52.1 Å². The molecule has 2 saturated heterocycles. The number of carboxylic acid groups (broad SMARTS) is 1. The number of hydrogen-bond donors (Lipinski definition) is 1. The van der Waals surface area contributed by atoms with Crippen molar-refractivity contribution in [3.63, 3.8) is 0 Å². The fourth-order valence-electron chi connectivity index (χ4n) is 4.31. The number of anilines is 1. The van der Waals surface area contributed by atoms with Crippen LogP contribution in [0.1, 0.15) is 59.5 Å². The van der Waals surface area contributed by atoms with Gasteiger partial charge in [-0.05, 0) is 62.3 Å². The number of likely N-dealkylation sites (tertiary alicyclic amines) is 1. The number of carbonyl (C=O) groups is 1. The molecule has 0 saturated carbocycles. The van der Waals surface area contributed by atoms with E-state index in [1.807, 2.05) is 24.5 Å². The molecule has 6 nitrogen and oxygen atoms in total. The van der Waals surface area contributed by atoms with Crippen LogP contribution in [0.3, 0.4) is 0 Å². The first-order chi connectivity index (χ1) is 13.7. The maximum Gasteiger partial charge on any atom is 0.335 e. The van der Waals surface area contributed by atoms with Crippen LogP contribution in [0.4, 0.5) is 5.95 Å². The summed E-state index contributed by atoms with van der Waals surface area (Å²) in [5, 5.41) is 9.07. The van der Waals surface area contributed by atoms with E-state index in [9.17, 15) is 4.79 Å². The van der Waals surface area contributed by atoms with Gasteiger partial charge >= 0.3 is 5.97 Å². The highest BCUT2D eigenvalue weighted by Crippen LogP contribution is 2.28. The van der Waals surface area contributed by atoms with Gasteiger partial charge in [-0.1, -0.05) is 12.1 Å². The van der Waals surface area contributed by atoms with Gasteiger partial charge in [0.05, 0.1) is 5.56 Å². The molecule has 1 atom stereocenters. The summed E-state index contributed by atoms with van der Waals surface area (Å²) in [4.78, 5) is 25.0. The van der Waals surface area contributed by atoms with E-state index in [2.05, 4.69) is 19.8 Å². The zero-order valence-electron chi connectivity index (χ0n) is 16.3. The highest BCUT2D eigenvalue weighted by atomic mass is 16.4. The van der Waals surface area contributed by atoms with E-state index in [0.29, 0.717) is 11.5 Å². The molecule has 4 rings (SSSR count). The van der Waals surface area contributed by atoms with Gasteiger partial charge in [-0.3, -0.25) is 4.90 Å². The second kappa shape index (κ2) is 8.69. The Kier molecular flexibility index (Phi) is 5.86. The summed E-state index contributed by atoms with van der Waals surface area (Å²) < 4.78 is 0. The van der Waals surface area contributed by atoms with Crippen LogP contribution in [-0.2, 0) is 6.54 Å². The highest BCUT2D eigenvalue weighted by molar-refractivity contribution is 5.87. The third-order valence-corrected chi connectivity index (χ3v) is 5.87. The fourth-order valence-corrected chi connectivity index (χ4v) is 4.31. The van der Waals surface area contributed by atoms with Crippen molar-refractivity contribution in [2.24, 2.45) is 0 Å². The first kappa shape index (κ1) is 18.9. The molecule has 2 aromatic rings. The zero-order valence-corrected chi connectivity index (χ0v) is 16.3. The van der Waals surface area contributed by atoms with Crippen LogP contribution in [0, 0.1) is 0 Å². The van der Waals surface area contributed by atoms with Crippen LogP contribution in [0.2, 0.25) is 0 Å². The molecule has 0 bridgehead atoms. The Morgan fingerprint density at radius 3 is 2.39 bits per heavy atom. The Bertz CT molecular complexity index is 785. The maximum atomic E-state index is 11.0. The summed E-state index contributed by atoms with van der Waals surface area (Å²) in [5.74, 6) is 0.438. The molecule has 6 heteroatoms. The molecule has 2 aliphatic rings. The standard InChI is InChI=1S/C22H28N4O2/c27-21(28)19-8-6-18(7-9-19)20-5-4-10-25(16-20)15-17-13-23-22(24-14-17)26-11-2-1-3-12-26/h6-9,13-14,20H,1-5,10-12,15-16H2,(H,27,28). The van der Waals surface area contributed by atoms with E-state index in [1.165, 1.54) is 24.8 Å². The van der Waals surface area contributed by atoms with Gasteiger partial charge in [0, 0.05) is 44.1 Å². The second-order valence-electron chi connectivity index (χ2n) is 7.94. The lowest BCUT2D eigenvalue weighted by Gasteiger charge is -2.33. The SMILES string of the molecule is O=C(O)c1ccc(C2CCCN(Cc3cnc(N4CCCCC4)nc3)C2)cc1. The highest BCUT2D eigenvalue weighted by Gasteiger charge is 2.22. The minimum Gasteiger partial charge on any atom is -0.478 e. The monoisotopic (exact) mass is 380 g/mol. The lowest BCUT2D eigenvalue weighted by atomic mass is 9.90. The van der Waals surface area contributed by atoms with Crippen LogP contribution in [0.15, 0.2) is 36.7 Å². The Hall–Kier alpha value is -2.47. The smallest absolute Gasteiger partial charge is 0.335 e. The van der Waals surface area contributed by atoms with Crippen LogP contribution in [0.25, 0.3) is 0 Å². The van der Waals surface area contributed by atoms with Crippen molar-refractivity contribution in [1.82, 2.24) is 14.9 Å². The predicted molar refractivity (Wildman–Crippen MR) is 109 cm³/mol. The minimum atomic E-state index is -0.871. The maximum absolute atomic E-state index is 11.0. The lowest BCUT2D eigenvalue weighted by molar-refractivity contribution is 0.0697. The number of aromatic carboxylic acids is 1. The van der Waals surface area contributed by atoms with E-state index in [0.717, 1.165) is 57.1 Å². The minimum absolute atomic E-state index is 0.349. The number of benzene rings is 1. The second-order valence-corrected chi connectivity index (χ2v) is 7.94. The Balaban J connectivity index is 1.36. The van der Waals surface area contributed by atoms with E-state index in [4.69, 9.17) is 5.11 Å². The number of carboxylic acids is 1. The van der Waals surface area contributed by atoms with Crippen LogP contribution in [0.5, 0.6) is 0 Å². The summed E-state index contributed by atoms with van der Waals surface area (Å²) in [5.41, 5.74) is 2.73. The summed E-state index contributed by atoms with van der Waals surface area (Å²) in [6, 6.07) is 7.36. The summed E-state index contributed by atoms with van der Waals surface area (Å²) in [6.45, 7) is 5.06. The van der Waals surface area contributed by atoms with Crippen molar-refractivity contribution in [3.05, 3.63) is 53.3 Å². The summed E-state index contributed by atoms with van der Waals surface area (Å²) in [6.07, 6.45) is 10.0. The van der Waals surface area contributed by atoms with Crippen molar-refractivity contribution >= 4 is 11.9 Å². The topological polar surface area (TPSA) is 69.6 Å². The Morgan fingerprint density at radius 1 is 1.00 bits per heavy atom. The number of piperidine rings is 2. The van der Waals surface area contributed by atoms with E-state index in [1.54, 1.807) is 12.1 Å². The third-order valence-electron chi connectivity index (χ3n) is 5.87. The van der Waals surface area contributed by atoms with Gasteiger partial charge < -0.3 is 10.0 Å². The van der Waals surface area contributed by atoms with E-state index < -0.39 is 5.97 Å². The molecule has 1 unspecified atom stereocenters. The van der Waals surface area contributed by atoms with Crippen molar-refractivity contribution in [2.45, 2.75) is 44.6 Å². The molecule has 1 aromatic heterocycles. The van der Waals surface area contributed by atoms with Crippen molar-refractivity contribution < 1.29 is 9.90 Å². The van der Waals surface area contributed by atoms with E-state index >= 15 is 0 Å². The molecule has 1 N–H and O–H groups in total. The molecule has 0 amide bonds. The first-order valence-corrected chi connectivity index (χ1v) is 10.3. The molecule has 2 fully saturated rings. The fraction of sp³-hybridized carbons (Fsp3) is 0.500. The third kappa shape index (κ3) is 4.50. The average Bonchev–Trinajstić information content (AvgIpc) is 2.75. The number of hydrogen-bond acceptors (Lipinski definition) is 5. The molecule has 0 spiro atoms. The molecule has 28 heavy (non-hydrogen) atoms. The summed E-state index contributed by atoms with van der Waals surface area (Å²) >= 11 is 0.